The number of hydrogen-bond acceptors (Lipinski definition) is 5. The summed E-state index contributed by atoms with van der Waals surface area (Å²) >= 11 is 0. The number of para-hydroxylation sites is 1. The van der Waals surface area contributed by atoms with Crippen molar-refractivity contribution in [1.29, 1.82) is 0 Å². The number of anilines is 3. The molecule has 1 aliphatic rings. The van der Waals surface area contributed by atoms with Gasteiger partial charge in [0, 0.05) is 24.8 Å². The van der Waals surface area contributed by atoms with E-state index in [-0.39, 0.29) is 0 Å². The van der Waals surface area contributed by atoms with E-state index in [1.165, 1.54) is 11.3 Å². The maximum absolute atomic E-state index is 4.68. The third kappa shape index (κ3) is 4.03. The number of hydrogen-bond donors (Lipinski definition) is 1. The quantitative estimate of drug-likeness (QED) is 0.826. The van der Waals surface area contributed by atoms with Crippen LogP contribution in [0, 0.1) is 6.92 Å². The van der Waals surface area contributed by atoms with Crippen LogP contribution >= 0.6 is 0 Å². The van der Waals surface area contributed by atoms with Crippen molar-refractivity contribution in [1.82, 2.24) is 14.9 Å². The zero-order valence-electron chi connectivity index (χ0n) is 14.9. The van der Waals surface area contributed by atoms with Gasteiger partial charge in [-0.1, -0.05) is 18.2 Å². The predicted octanol–water partition coefficient (Wildman–Crippen LogP) is 3.23. The van der Waals surface area contributed by atoms with Gasteiger partial charge in [-0.05, 0) is 58.5 Å². The van der Waals surface area contributed by atoms with E-state index < -0.39 is 0 Å². The Morgan fingerprint density at radius 1 is 1.21 bits per heavy atom. The van der Waals surface area contributed by atoms with Crippen molar-refractivity contribution < 1.29 is 0 Å². The molecule has 0 aliphatic carbocycles. The summed E-state index contributed by atoms with van der Waals surface area (Å²) in [5, 5.41) is 3.44. The lowest BCUT2D eigenvalue weighted by Crippen LogP contribution is -2.25. The van der Waals surface area contributed by atoms with Gasteiger partial charge in [0.25, 0.3) is 0 Å². The first-order chi connectivity index (χ1) is 11.6. The number of rotatable bonds is 6. The summed E-state index contributed by atoms with van der Waals surface area (Å²) in [6, 6.07) is 10.7. The first-order valence-corrected chi connectivity index (χ1v) is 8.73. The van der Waals surface area contributed by atoms with Gasteiger partial charge in [-0.25, -0.2) is 9.97 Å². The molecule has 1 aliphatic heterocycles. The lowest BCUT2D eigenvalue weighted by molar-refractivity contribution is 0.405. The highest BCUT2D eigenvalue weighted by atomic mass is 15.2. The summed E-state index contributed by atoms with van der Waals surface area (Å²) in [5.74, 6) is 2.72. The van der Waals surface area contributed by atoms with Gasteiger partial charge < -0.3 is 15.1 Å². The highest BCUT2D eigenvalue weighted by Crippen LogP contribution is 2.32. The summed E-state index contributed by atoms with van der Waals surface area (Å²) in [6.45, 7) is 4.96. The third-order valence-electron chi connectivity index (χ3n) is 4.30. The highest BCUT2D eigenvalue weighted by Gasteiger charge is 2.19. The van der Waals surface area contributed by atoms with Crippen molar-refractivity contribution in [3.8, 4) is 0 Å². The minimum absolute atomic E-state index is 0.811. The van der Waals surface area contributed by atoms with Crippen molar-refractivity contribution in [2.75, 3.05) is 43.9 Å². The van der Waals surface area contributed by atoms with Gasteiger partial charge in [-0.3, -0.25) is 0 Å². The van der Waals surface area contributed by atoms with Gasteiger partial charge in [0.2, 0.25) is 0 Å². The van der Waals surface area contributed by atoms with Gasteiger partial charge in [0.1, 0.15) is 17.5 Å². The maximum Gasteiger partial charge on any atom is 0.138 e. The van der Waals surface area contributed by atoms with Crippen molar-refractivity contribution in [2.45, 2.75) is 26.2 Å². The summed E-state index contributed by atoms with van der Waals surface area (Å²) in [5.41, 5.74) is 2.68. The van der Waals surface area contributed by atoms with E-state index in [0.717, 1.165) is 56.4 Å². The number of aryl methyl sites for hydroxylation is 2. The van der Waals surface area contributed by atoms with Crippen LogP contribution in [0.4, 0.5) is 17.3 Å². The van der Waals surface area contributed by atoms with Crippen LogP contribution in [0.2, 0.25) is 0 Å². The summed E-state index contributed by atoms with van der Waals surface area (Å²) in [7, 11) is 4.20. The molecule has 0 spiro atoms. The van der Waals surface area contributed by atoms with Gasteiger partial charge >= 0.3 is 0 Å². The minimum Gasteiger partial charge on any atom is -0.370 e. The van der Waals surface area contributed by atoms with Crippen LogP contribution in [0.25, 0.3) is 0 Å². The molecule has 5 heteroatoms. The standard InChI is InChI=1S/C19H27N5/c1-15-21-18(20-11-7-12-23(2)3)14-19(22-15)24-13-6-9-16-8-4-5-10-17(16)24/h4-5,8,10,14H,6-7,9,11-13H2,1-3H3,(H,20,21,22). The molecule has 0 amide bonds. The number of fused-ring (bicyclic) bond motifs is 1. The molecular formula is C19H27N5. The van der Waals surface area contributed by atoms with Gasteiger partial charge in [0.05, 0.1) is 0 Å². The van der Waals surface area contributed by atoms with Crippen LogP contribution in [0.1, 0.15) is 24.2 Å². The summed E-state index contributed by atoms with van der Waals surface area (Å²) < 4.78 is 0. The molecule has 5 nitrogen and oxygen atoms in total. The Labute approximate surface area is 144 Å². The Bertz CT molecular complexity index is 683. The van der Waals surface area contributed by atoms with Crippen LogP contribution in [0.5, 0.6) is 0 Å². The Morgan fingerprint density at radius 3 is 2.88 bits per heavy atom. The number of aromatic nitrogens is 2. The van der Waals surface area contributed by atoms with Crippen LogP contribution in [-0.4, -0.2) is 48.6 Å². The summed E-state index contributed by atoms with van der Waals surface area (Å²) in [6.07, 6.45) is 3.40. The SMILES string of the molecule is Cc1nc(NCCCN(C)C)cc(N2CCCc3ccccc32)n1. The lowest BCUT2D eigenvalue weighted by Gasteiger charge is -2.30. The second-order valence-corrected chi connectivity index (χ2v) is 6.63. The zero-order chi connectivity index (χ0) is 16.9. The molecule has 2 aromatic rings. The third-order valence-corrected chi connectivity index (χ3v) is 4.30. The molecule has 1 aromatic heterocycles. The topological polar surface area (TPSA) is 44.3 Å². The van der Waals surface area contributed by atoms with Crippen LogP contribution in [-0.2, 0) is 6.42 Å². The molecule has 24 heavy (non-hydrogen) atoms. The fraction of sp³-hybridized carbons (Fsp3) is 0.474. The second-order valence-electron chi connectivity index (χ2n) is 6.63. The van der Waals surface area contributed by atoms with Crippen LogP contribution < -0.4 is 10.2 Å². The number of nitrogens with one attached hydrogen (secondary N) is 1. The van der Waals surface area contributed by atoms with E-state index in [2.05, 4.69) is 69.5 Å². The van der Waals surface area contributed by atoms with Crippen LogP contribution in [0.3, 0.4) is 0 Å². The fourth-order valence-electron chi connectivity index (χ4n) is 3.16. The van der Waals surface area contributed by atoms with Crippen molar-refractivity contribution in [3.05, 3.63) is 41.7 Å². The van der Waals surface area contributed by atoms with Gasteiger partial charge in [0.15, 0.2) is 0 Å². The Hall–Kier alpha value is -2.14. The zero-order valence-corrected chi connectivity index (χ0v) is 14.9. The maximum atomic E-state index is 4.68. The predicted molar refractivity (Wildman–Crippen MR) is 100 cm³/mol. The van der Waals surface area contributed by atoms with E-state index in [4.69, 9.17) is 0 Å². The number of benzene rings is 1. The molecule has 0 atom stereocenters. The molecule has 0 fully saturated rings. The monoisotopic (exact) mass is 325 g/mol. The van der Waals surface area contributed by atoms with Crippen molar-refractivity contribution in [3.63, 3.8) is 0 Å². The van der Waals surface area contributed by atoms with E-state index in [1.54, 1.807) is 0 Å². The van der Waals surface area contributed by atoms with Crippen molar-refractivity contribution in [2.24, 2.45) is 0 Å². The largest absolute Gasteiger partial charge is 0.370 e. The van der Waals surface area contributed by atoms with E-state index in [9.17, 15) is 0 Å². The molecule has 128 valence electrons. The first-order valence-electron chi connectivity index (χ1n) is 8.73. The molecule has 0 radical (unpaired) electrons. The lowest BCUT2D eigenvalue weighted by atomic mass is 10.0. The number of nitrogens with zero attached hydrogens (tertiary/aromatic N) is 4. The summed E-state index contributed by atoms with van der Waals surface area (Å²) in [4.78, 5) is 13.7. The normalized spacial score (nSPS) is 13.9. The molecule has 0 saturated heterocycles. The smallest absolute Gasteiger partial charge is 0.138 e. The van der Waals surface area contributed by atoms with Gasteiger partial charge in [-0.15, -0.1) is 0 Å². The van der Waals surface area contributed by atoms with Crippen LogP contribution in [0.15, 0.2) is 30.3 Å². The first kappa shape index (κ1) is 16.7. The van der Waals surface area contributed by atoms with Gasteiger partial charge in [-0.2, -0.15) is 0 Å². The second kappa shape index (κ2) is 7.62. The minimum atomic E-state index is 0.811. The van der Waals surface area contributed by atoms with E-state index in [1.807, 2.05) is 6.92 Å². The molecule has 0 saturated carbocycles. The average molecular weight is 325 g/mol. The molecule has 1 N–H and O–H groups in total. The Balaban J connectivity index is 1.77. The molecule has 3 rings (SSSR count). The molecule has 0 bridgehead atoms. The molecule has 1 aromatic carbocycles. The fourth-order valence-corrected chi connectivity index (χ4v) is 3.16. The average Bonchev–Trinajstić information content (AvgIpc) is 2.57. The highest BCUT2D eigenvalue weighted by molar-refractivity contribution is 5.67. The van der Waals surface area contributed by atoms with Crippen molar-refractivity contribution >= 4 is 17.3 Å². The molecular weight excluding hydrogens is 298 g/mol. The Kier molecular flexibility index (Phi) is 5.30. The Morgan fingerprint density at radius 2 is 2.04 bits per heavy atom. The van der Waals surface area contributed by atoms with E-state index in [0.29, 0.717) is 0 Å². The van der Waals surface area contributed by atoms with E-state index >= 15 is 0 Å². The molecule has 0 unspecified atom stereocenters. The molecule has 2 heterocycles.